The highest BCUT2D eigenvalue weighted by Crippen LogP contribution is 2.26. The van der Waals surface area contributed by atoms with Crippen LogP contribution in [0.1, 0.15) is 11.1 Å². The summed E-state index contributed by atoms with van der Waals surface area (Å²) in [5.74, 6) is 0.113. The van der Waals surface area contributed by atoms with E-state index in [0.717, 1.165) is 32.8 Å². The summed E-state index contributed by atoms with van der Waals surface area (Å²) in [6.45, 7) is 4.92. The van der Waals surface area contributed by atoms with Crippen LogP contribution in [0.5, 0.6) is 5.75 Å². The van der Waals surface area contributed by atoms with E-state index in [1.54, 1.807) is 30.3 Å². The Morgan fingerprint density at radius 3 is 2.75 bits per heavy atom. The molecule has 0 bridgehead atoms. The summed E-state index contributed by atoms with van der Waals surface area (Å²) in [4.78, 5) is 2.85. The van der Waals surface area contributed by atoms with Crippen molar-refractivity contribution in [3.05, 3.63) is 63.4 Å². The van der Waals surface area contributed by atoms with Gasteiger partial charge in [-0.2, -0.15) is 0 Å². The highest BCUT2D eigenvalue weighted by Gasteiger charge is 2.14. The summed E-state index contributed by atoms with van der Waals surface area (Å²) < 4.78 is 25.2. The van der Waals surface area contributed by atoms with Crippen molar-refractivity contribution in [2.45, 2.75) is 6.61 Å². The van der Waals surface area contributed by atoms with Crippen LogP contribution in [-0.4, -0.2) is 49.3 Å². The molecule has 1 saturated heterocycles. The third-order valence-corrected chi connectivity index (χ3v) is 5.39. The molecule has 1 fully saturated rings. The standard InChI is InChI=1S/C20H21Cl2FN2O2S/c21-14-4-5-19(27-13-16-17(22)2-1-3-18(16)23)15(12-14)20(28)24-6-7-25-8-10-26-11-9-25/h1-5,12H,6-11,13H2,(H,24,28). The topological polar surface area (TPSA) is 33.7 Å². The smallest absolute Gasteiger partial charge is 0.131 e. The Kier molecular flexibility index (Phi) is 7.88. The van der Waals surface area contributed by atoms with Crippen molar-refractivity contribution in [2.24, 2.45) is 0 Å². The fourth-order valence-electron chi connectivity index (χ4n) is 2.87. The molecule has 0 atom stereocenters. The Labute approximate surface area is 179 Å². The summed E-state index contributed by atoms with van der Waals surface area (Å²) in [7, 11) is 0. The lowest BCUT2D eigenvalue weighted by Crippen LogP contribution is -2.41. The van der Waals surface area contributed by atoms with Gasteiger partial charge in [-0.1, -0.05) is 41.5 Å². The molecule has 3 rings (SSSR count). The normalized spacial score (nSPS) is 14.7. The highest BCUT2D eigenvalue weighted by atomic mass is 35.5. The Bertz CT molecular complexity index is 812. The zero-order valence-electron chi connectivity index (χ0n) is 15.2. The Hall–Kier alpha value is -1.44. The first kappa shape index (κ1) is 21.3. The van der Waals surface area contributed by atoms with E-state index in [9.17, 15) is 4.39 Å². The highest BCUT2D eigenvalue weighted by molar-refractivity contribution is 7.80. The molecule has 150 valence electrons. The van der Waals surface area contributed by atoms with Crippen LogP contribution in [0.25, 0.3) is 0 Å². The lowest BCUT2D eigenvalue weighted by atomic mass is 10.2. The van der Waals surface area contributed by atoms with Crippen LogP contribution < -0.4 is 10.1 Å². The average Bonchev–Trinajstić information content (AvgIpc) is 2.69. The number of ether oxygens (including phenoxy) is 2. The molecule has 1 N–H and O–H groups in total. The second-order valence-corrected chi connectivity index (χ2v) is 7.59. The molecule has 0 aliphatic carbocycles. The van der Waals surface area contributed by atoms with E-state index < -0.39 is 5.82 Å². The second-order valence-electron chi connectivity index (χ2n) is 6.34. The molecule has 1 aliphatic heterocycles. The van der Waals surface area contributed by atoms with Crippen molar-refractivity contribution < 1.29 is 13.9 Å². The van der Waals surface area contributed by atoms with Crippen LogP contribution >= 0.6 is 35.4 Å². The van der Waals surface area contributed by atoms with Gasteiger partial charge in [0.15, 0.2) is 0 Å². The van der Waals surface area contributed by atoms with Crippen molar-refractivity contribution >= 4 is 40.4 Å². The van der Waals surface area contributed by atoms with Crippen molar-refractivity contribution in [2.75, 3.05) is 39.4 Å². The molecule has 1 heterocycles. The first-order valence-corrected chi connectivity index (χ1v) is 10.1. The van der Waals surface area contributed by atoms with E-state index >= 15 is 0 Å². The number of thiocarbonyl (C=S) groups is 1. The summed E-state index contributed by atoms with van der Waals surface area (Å²) in [6.07, 6.45) is 0. The lowest BCUT2D eigenvalue weighted by molar-refractivity contribution is 0.0389. The number of halogens is 3. The van der Waals surface area contributed by atoms with Crippen LogP contribution in [0.3, 0.4) is 0 Å². The molecule has 0 saturated carbocycles. The molecule has 28 heavy (non-hydrogen) atoms. The van der Waals surface area contributed by atoms with Gasteiger partial charge in [0.05, 0.1) is 23.8 Å². The maximum absolute atomic E-state index is 14.0. The van der Waals surface area contributed by atoms with Crippen LogP contribution in [0.4, 0.5) is 4.39 Å². The third kappa shape index (κ3) is 5.78. The van der Waals surface area contributed by atoms with Crippen molar-refractivity contribution in [3.63, 3.8) is 0 Å². The molecule has 0 amide bonds. The summed E-state index contributed by atoms with van der Waals surface area (Å²) in [6, 6.07) is 9.71. The fraction of sp³-hybridized carbons (Fsp3) is 0.350. The number of rotatable bonds is 7. The number of morpholine rings is 1. The summed E-state index contributed by atoms with van der Waals surface area (Å²) >= 11 is 17.7. The molecule has 0 spiro atoms. The van der Waals surface area contributed by atoms with E-state index in [2.05, 4.69) is 10.2 Å². The van der Waals surface area contributed by atoms with Gasteiger partial charge in [-0.25, -0.2) is 4.39 Å². The van der Waals surface area contributed by atoms with Crippen molar-refractivity contribution in [1.29, 1.82) is 0 Å². The minimum atomic E-state index is -0.408. The van der Waals surface area contributed by atoms with E-state index in [-0.39, 0.29) is 6.61 Å². The number of nitrogens with zero attached hydrogens (tertiary/aromatic N) is 1. The maximum atomic E-state index is 14.0. The Morgan fingerprint density at radius 1 is 1.21 bits per heavy atom. The number of hydrogen-bond donors (Lipinski definition) is 1. The lowest BCUT2D eigenvalue weighted by Gasteiger charge is -2.26. The maximum Gasteiger partial charge on any atom is 0.131 e. The molecule has 1 aliphatic rings. The predicted molar refractivity (Wildman–Crippen MR) is 114 cm³/mol. The predicted octanol–water partition coefficient (Wildman–Crippen LogP) is 4.31. The van der Waals surface area contributed by atoms with E-state index in [0.29, 0.717) is 38.5 Å². The number of benzene rings is 2. The molecular weight excluding hydrogens is 422 g/mol. The van der Waals surface area contributed by atoms with Crippen LogP contribution in [0, 0.1) is 5.82 Å². The van der Waals surface area contributed by atoms with Gasteiger partial charge in [0, 0.05) is 36.8 Å². The molecule has 2 aromatic rings. The molecular formula is C20H21Cl2FN2O2S. The second kappa shape index (κ2) is 10.4. The third-order valence-electron chi connectivity index (χ3n) is 4.44. The van der Waals surface area contributed by atoms with Crippen molar-refractivity contribution in [3.8, 4) is 5.75 Å². The van der Waals surface area contributed by atoms with Crippen LogP contribution in [0.2, 0.25) is 10.0 Å². The molecule has 2 aromatic carbocycles. The molecule has 0 radical (unpaired) electrons. The summed E-state index contributed by atoms with van der Waals surface area (Å²) in [5, 5.41) is 4.11. The largest absolute Gasteiger partial charge is 0.488 e. The Morgan fingerprint density at radius 2 is 2.00 bits per heavy atom. The van der Waals surface area contributed by atoms with E-state index in [1.807, 2.05) is 0 Å². The van der Waals surface area contributed by atoms with Crippen LogP contribution in [-0.2, 0) is 11.3 Å². The van der Waals surface area contributed by atoms with E-state index in [4.69, 9.17) is 44.9 Å². The van der Waals surface area contributed by atoms with Crippen molar-refractivity contribution in [1.82, 2.24) is 10.2 Å². The van der Waals surface area contributed by atoms with E-state index in [1.165, 1.54) is 6.07 Å². The molecule has 8 heteroatoms. The quantitative estimate of drug-likeness (QED) is 0.646. The van der Waals surface area contributed by atoms with Gasteiger partial charge < -0.3 is 14.8 Å². The number of nitrogens with one attached hydrogen (secondary N) is 1. The van der Waals surface area contributed by atoms with Gasteiger partial charge in [-0.05, 0) is 30.3 Å². The minimum absolute atomic E-state index is 0.00344. The van der Waals surface area contributed by atoms with Gasteiger partial charge in [0.1, 0.15) is 23.2 Å². The van der Waals surface area contributed by atoms with Gasteiger partial charge in [-0.15, -0.1) is 0 Å². The van der Waals surface area contributed by atoms with Gasteiger partial charge in [0.25, 0.3) is 0 Å². The first-order chi connectivity index (χ1) is 13.5. The average molecular weight is 443 g/mol. The fourth-order valence-corrected chi connectivity index (χ4v) is 3.52. The van der Waals surface area contributed by atoms with Gasteiger partial charge in [0.2, 0.25) is 0 Å². The SMILES string of the molecule is Fc1cccc(Cl)c1COc1ccc(Cl)cc1C(=S)NCCN1CCOCC1. The monoisotopic (exact) mass is 442 g/mol. The summed E-state index contributed by atoms with van der Waals surface area (Å²) in [5.41, 5.74) is 0.966. The molecule has 0 aromatic heterocycles. The first-order valence-electron chi connectivity index (χ1n) is 8.98. The minimum Gasteiger partial charge on any atom is -0.488 e. The van der Waals surface area contributed by atoms with Gasteiger partial charge >= 0.3 is 0 Å². The van der Waals surface area contributed by atoms with Gasteiger partial charge in [-0.3, -0.25) is 4.90 Å². The van der Waals surface area contributed by atoms with Crippen LogP contribution in [0.15, 0.2) is 36.4 Å². The Balaban J connectivity index is 1.63. The zero-order valence-corrected chi connectivity index (χ0v) is 17.5. The number of hydrogen-bond acceptors (Lipinski definition) is 4. The molecule has 0 unspecified atom stereocenters. The molecule has 4 nitrogen and oxygen atoms in total. The zero-order chi connectivity index (χ0) is 19.9.